The van der Waals surface area contributed by atoms with E-state index in [1.165, 1.54) is 5.56 Å². The van der Waals surface area contributed by atoms with Gasteiger partial charge in [-0.2, -0.15) is 0 Å². The largest absolute Gasteiger partial charge is 0.492 e. The topological polar surface area (TPSA) is 82.0 Å². The Balaban J connectivity index is 1.36. The van der Waals surface area contributed by atoms with Crippen LogP contribution in [0.3, 0.4) is 0 Å². The Morgan fingerprint density at radius 2 is 2.07 bits per heavy atom. The van der Waals surface area contributed by atoms with E-state index in [-0.39, 0.29) is 11.1 Å². The lowest BCUT2D eigenvalue weighted by atomic mass is 9.95. The van der Waals surface area contributed by atoms with Crippen LogP contribution in [0.5, 0.6) is 17.4 Å². The van der Waals surface area contributed by atoms with Crippen LogP contribution in [0.2, 0.25) is 0 Å². The molecule has 0 bridgehead atoms. The van der Waals surface area contributed by atoms with Crippen molar-refractivity contribution in [3.63, 3.8) is 0 Å². The third-order valence-electron chi connectivity index (χ3n) is 5.84. The molecule has 3 aromatic heterocycles. The van der Waals surface area contributed by atoms with Crippen molar-refractivity contribution in [2.45, 2.75) is 25.2 Å². The molecule has 1 aromatic carbocycles. The van der Waals surface area contributed by atoms with Gasteiger partial charge in [0.05, 0.1) is 24.0 Å². The number of benzene rings is 1. The minimum atomic E-state index is -0.252. The maximum atomic E-state index is 12.3. The third kappa shape index (κ3) is 2.40. The number of fused-ring (bicyclic) bond motifs is 3. The maximum absolute atomic E-state index is 12.3. The number of pyridine rings is 2. The van der Waals surface area contributed by atoms with Crippen molar-refractivity contribution >= 4 is 11.2 Å². The summed E-state index contributed by atoms with van der Waals surface area (Å²) in [6, 6.07) is 11.2. The molecule has 1 fully saturated rings. The molecule has 6 rings (SSSR count). The summed E-state index contributed by atoms with van der Waals surface area (Å²) < 4.78 is 13.7. The molecule has 1 saturated carbocycles. The Bertz CT molecular complexity index is 1320. The average Bonchev–Trinajstić information content (AvgIpc) is 3.28. The molecule has 29 heavy (non-hydrogen) atoms. The smallest absolute Gasteiger partial charge is 0.332 e. The quantitative estimate of drug-likeness (QED) is 0.581. The predicted molar refractivity (Wildman–Crippen MR) is 107 cm³/mol. The molecule has 0 unspecified atom stereocenters. The molecule has 4 aromatic rings. The van der Waals surface area contributed by atoms with E-state index in [1.807, 2.05) is 24.3 Å². The SMILES string of the molecule is Cc1ccc(Oc2ccc(-n3c(=O)[nH]c4ncccc43)cn2)c2c1OCC21CC1. The van der Waals surface area contributed by atoms with Crippen LogP contribution in [-0.4, -0.2) is 26.1 Å². The summed E-state index contributed by atoms with van der Waals surface area (Å²) in [4.78, 5) is 23.7. The molecule has 0 saturated heterocycles. The van der Waals surface area contributed by atoms with Crippen molar-refractivity contribution in [3.8, 4) is 23.1 Å². The van der Waals surface area contributed by atoms with E-state index < -0.39 is 0 Å². The lowest BCUT2D eigenvalue weighted by molar-refractivity contribution is 0.322. The summed E-state index contributed by atoms with van der Waals surface area (Å²) in [5, 5.41) is 0. The second-order valence-corrected chi connectivity index (χ2v) is 7.75. The molecule has 1 aliphatic heterocycles. The van der Waals surface area contributed by atoms with Gasteiger partial charge in [-0.15, -0.1) is 0 Å². The lowest BCUT2D eigenvalue weighted by Gasteiger charge is -2.13. The highest BCUT2D eigenvalue weighted by Crippen LogP contribution is 2.59. The molecule has 1 N–H and O–H groups in total. The summed E-state index contributed by atoms with van der Waals surface area (Å²) in [7, 11) is 0. The summed E-state index contributed by atoms with van der Waals surface area (Å²) >= 11 is 0. The number of ether oxygens (including phenoxy) is 2. The molecule has 7 nitrogen and oxygen atoms in total. The van der Waals surface area contributed by atoms with Gasteiger partial charge < -0.3 is 9.47 Å². The minimum absolute atomic E-state index is 0.112. The van der Waals surface area contributed by atoms with E-state index in [9.17, 15) is 4.79 Å². The molecule has 2 aliphatic rings. The summed E-state index contributed by atoms with van der Waals surface area (Å²) in [6.07, 6.45) is 5.54. The van der Waals surface area contributed by atoms with Crippen LogP contribution in [0, 0.1) is 6.92 Å². The standard InChI is InChI=1S/C22H18N4O3/c1-13-4-6-16(18-19(13)28-12-22(18)8-9-22)29-17-7-5-14(11-24-17)26-15-3-2-10-23-20(15)25-21(26)27/h2-7,10-11H,8-9,12H2,1H3,(H,23,25,27). The molecular weight excluding hydrogens is 368 g/mol. The number of imidazole rings is 1. The Morgan fingerprint density at radius 3 is 2.86 bits per heavy atom. The van der Waals surface area contributed by atoms with Crippen LogP contribution in [0.25, 0.3) is 16.9 Å². The molecule has 144 valence electrons. The van der Waals surface area contributed by atoms with E-state index in [1.54, 1.807) is 29.1 Å². The number of aromatic nitrogens is 4. The highest BCUT2D eigenvalue weighted by molar-refractivity contribution is 5.72. The van der Waals surface area contributed by atoms with Gasteiger partial charge in [0, 0.05) is 23.2 Å². The number of nitrogens with one attached hydrogen (secondary N) is 1. The number of nitrogens with zero attached hydrogens (tertiary/aromatic N) is 3. The second-order valence-electron chi connectivity index (χ2n) is 7.75. The van der Waals surface area contributed by atoms with Gasteiger partial charge in [0.15, 0.2) is 5.65 Å². The Morgan fingerprint density at radius 1 is 1.17 bits per heavy atom. The number of aromatic amines is 1. The third-order valence-corrected chi connectivity index (χ3v) is 5.84. The van der Waals surface area contributed by atoms with Crippen molar-refractivity contribution in [1.29, 1.82) is 0 Å². The molecule has 4 heterocycles. The first kappa shape index (κ1) is 16.4. The van der Waals surface area contributed by atoms with E-state index >= 15 is 0 Å². The van der Waals surface area contributed by atoms with Crippen molar-refractivity contribution in [1.82, 2.24) is 19.5 Å². The van der Waals surface area contributed by atoms with Gasteiger partial charge in [-0.1, -0.05) is 6.07 Å². The second kappa shape index (κ2) is 5.70. The van der Waals surface area contributed by atoms with Crippen molar-refractivity contribution in [2.75, 3.05) is 6.61 Å². The molecule has 0 amide bonds. The predicted octanol–water partition coefficient (Wildman–Crippen LogP) is 3.63. The van der Waals surface area contributed by atoms with Crippen molar-refractivity contribution in [2.24, 2.45) is 0 Å². The Kier molecular flexibility index (Phi) is 3.21. The molecular formula is C22H18N4O3. The number of H-pyrrole nitrogens is 1. The van der Waals surface area contributed by atoms with Crippen LogP contribution >= 0.6 is 0 Å². The summed E-state index contributed by atoms with van der Waals surface area (Å²) in [5.41, 5.74) is 4.06. The lowest BCUT2D eigenvalue weighted by Crippen LogP contribution is -2.14. The van der Waals surface area contributed by atoms with Gasteiger partial charge in [-0.05, 0) is 49.6 Å². The first-order valence-corrected chi connectivity index (χ1v) is 9.62. The van der Waals surface area contributed by atoms with E-state index in [0.29, 0.717) is 22.7 Å². The maximum Gasteiger partial charge on any atom is 0.332 e. The van der Waals surface area contributed by atoms with Crippen LogP contribution in [0.15, 0.2) is 53.6 Å². The highest BCUT2D eigenvalue weighted by Gasteiger charge is 2.53. The van der Waals surface area contributed by atoms with Gasteiger partial charge >= 0.3 is 5.69 Å². The molecule has 1 spiro atoms. The van der Waals surface area contributed by atoms with Crippen molar-refractivity contribution < 1.29 is 9.47 Å². The van der Waals surface area contributed by atoms with E-state index in [0.717, 1.165) is 36.5 Å². The van der Waals surface area contributed by atoms with Crippen molar-refractivity contribution in [3.05, 3.63) is 70.4 Å². The normalized spacial score (nSPS) is 16.0. The highest BCUT2D eigenvalue weighted by atomic mass is 16.5. The number of hydrogen-bond donors (Lipinski definition) is 1. The summed E-state index contributed by atoms with van der Waals surface area (Å²) in [5.74, 6) is 2.23. The van der Waals surface area contributed by atoms with Gasteiger partial charge in [-0.25, -0.2) is 14.8 Å². The van der Waals surface area contributed by atoms with Crippen LogP contribution < -0.4 is 15.2 Å². The fourth-order valence-electron chi connectivity index (χ4n) is 4.14. The zero-order chi connectivity index (χ0) is 19.6. The van der Waals surface area contributed by atoms with Gasteiger partial charge in [0.2, 0.25) is 5.88 Å². The number of rotatable bonds is 3. The number of aryl methyl sites for hydroxylation is 1. The molecule has 0 radical (unpaired) electrons. The zero-order valence-electron chi connectivity index (χ0n) is 15.8. The van der Waals surface area contributed by atoms with Crippen LogP contribution in [-0.2, 0) is 5.41 Å². The first-order chi connectivity index (χ1) is 14.1. The van der Waals surface area contributed by atoms with Gasteiger partial charge in [0.1, 0.15) is 11.5 Å². The monoisotopic (exact) mass is 386 g/mol. The van der Waals surface area contributed by atoms with Gasteiger partial charge in [0.25, 0.3) is 0 Å². The van der Waals surface area contributed by atoms with E-state index in [2.05, 4.69) is 21.9 Å². The molecule has 7 heteroatoms. The average molecular weight is 386 g/mol. The van der Waals surface area contributed by atoms with Gasteiger partial charge in [-0.3, -0.25) is 9.55 Å². The van der Waals surface area contributed by atoms with E-state index in [4.69, 9.17) is 9.47 Å². The fourth-order valence-corrected chi connectivity index (χ4v) is 4.14. The summed E-state index contributed by atoms with van der Waals surface area (Å²) in [6.45, 7) is 2.79. The molecule has 1 aliphatic carbocycles. The van der Waals surface area contributed by atoms with Crippen LogP contribution in [0.1, 0.15) is 24.0 Å². The first-order valence-electron chi connectivity index (χ1n) is 9.62. The fraction of sp³-hybridized carbons (Fsp3) is 0.227. The van der Waals surface area contributed by atoms with Crippen LogP contribution in [0.4, 0.5) is 0 Å². The molecule has 0 atom stereocenters. The Hall–Kier alpha value is -3.61. The Labute approximate surface area is 166 Å². The zero-order valence-corrected chi connectivity index (χ0v) is 15.8. The number of hydrogen-bond acceptors (Lipinski definition) is 5. The minimum Gasteiger partial charge on any atom is -0.492 e.